The lowest BCUT2D eigenvalue weighted by Gasteiger charge is -2.28. The number of fused-ring (bicyclic) bond motifs is 1. The van der Waals surface area contributed by atoms with Crippen LogP contribution >= 0.6 is 0 Å². The normalized spacial score (nSPS) is 13.0. The van der Waals surface area contributed by atoms with Gasteiger partial charge in [0.05, 0.1) is 5.52 Å². The number of aromatic nitrogens is 2. The summed E-state index contributed by atoms with van der Waals surface area (Å²) in [5.41, 5.74) is 6.23. The minimum absolute atomic E-state index is 0.331. The Bertz CT molecular complexity index is 743. The van der Waals surface area contributed by atoms with Gasteiger partial charge in [0.15, 0.2) is 5.69 Å². The van der Waals surface area contributed by atoms with Crippen LogP contribution in [-0.4, -0.2) is 27.6 Å². The van der Waals surface area contributed by atoms with Crippen molar-refractivity contribution in [1.82, 2.24) is 15.1 Å². The van der Waals surface area contributed by atoms with Gasteiger partial charge in [-0.25, -0.2) is 0 Å². The molecule has 1 aromatic heterocycles. The van der Waals surface area contributed by atoms with Crippen molar-refractivity contribution < 1.29 is 9.59 Å². The molecule has 0 fully saturated rings. The van der Waals surface area contributed by atoms with E-state index in [-0.39, 0.29) is 5.91 Å². The van der Waals surface area contributed by atoms with Crippen LogP contribution in [0.15, 0.2) is 24.3 Å². The van der Waals surface area contributed by atoms with Crippen molar-refractivity contribution in [3.63, 3.8) is 0 Å². The van der Waals surface area contributed by atoms with Crippen LogP contribution in [0, 0.1) is 5.41 Å². The SMILES string of the molecule is CCCCn1nc(C(=O)NC(C(N)=O)C(C)(C)C)c2ccccc21. The lowest BCUT2D eigenvalue weighted by molar-refractivity contribution is -0.122. The van der Waals surface area contributed by atoms with Gasteiger partial charge < -0.3 is 11.1 Å². The average molecular weight is 330 g/mol. The summed E-state index contributed by atoms with van der Waals surface area (Å²) >= 11 is 0. The molecule has 0 radical (unpaired) electrons. The molecule has 1 aromatic carbocycles. The molecule has 0 spiro atoms. The number of nitrogens with zero attached hydrogens (tertiary/aromatic N) is 2. The first kappa shape index (κ1) is 18.0. The molecular weight excluding hydrogens is 304 g/mol. The van der Waals surface area contributed by atoms with Gasteiger partial charge in [-0.3, -0.25) is 14.3 Å². The summed E-state index contributed by atoms with van der Waals surface area (Å²) in [5, 5.41) is 8.00. The Morgan fingerprint density at radius 3 is 2.54 bits per heavy atom. The van der Waals surface area contributed by atoms with E-state index in [1.54, 1.807) is 0 Å². The van der Waals surface area contributed by atoms with Crippen molar-refractivity contribution in [3.8, 4) is 0 Å². The van der Waals surface area contributed by atoms with Crippen LogP contribution in [0.3, 0.4) is 0 Å². The largest absolute Gasteiger partial charge is 0.368 e. The number of carbonyl (C=O) groups excluding carboxylic acids is 2. The molecule has 6 heteroatoms. The molecule has 6 nitrogen and oxygen atoms in total. The van der Waals surface area contributed by atoms with Crippen molar-refractivity contribution in [2.24, 2.45) is 11.1 Å². The molecule has 0 aliphatic carbocycles. The molecule has 3 N–H and O–H groups in total. The van der Waals surface area contributed by atoms with E-state index in [0.29, 0.717) is 5.69 Å². The molecule has 0 saturated heterocycles. The molecule has 0 saturated carbocycles. The summed E-state index contributed by atoms with van der Waals surface area (Å²) in [4.78, 5) is 24.4. The van der Waals surface area contributed by atoms with Crippen LogP contribution < -0.4 is 11.1 Å². The molecule has 1 unspecified atom stereocenters. The van der Waals surface area contributed by atoms with E-state index in [0.717, 1.165) is 30.3 Å². The van der Waals surface area contributed by atoms with Crippen LogP contribution in [0.25, 0.3) is 10.9 Å². The first-order valence-corrected chi connectivity index (χ1v) is 8.31. The Morgan fingerprint density at radius 1 is 1.29 bits per heavy atom. The van der Waals surface area contributed by atoms with Crippen LogP contribution in [0.2, 0.25) is 0 Å². The number of unbranched alkanes of at least 4 members (excludes halogenated alkanes) is 1. The quantitative estimate of drug-likeness (QED) is 0.852. The molecular formula is C18H26N4O2. The monoisotopic (exact) mass is 330 g/mol. The Morgan fingerprint density at radius 2 is 1.96 bits per heavy atom. The highest BCUT2D eigenvalue weighted by molar-refractivity contribution is 6.06. The van der Waals surface area contributed by atoms with Gasteiger partial charge in [-0.2, -0.15) is 5.10 Å². The zero-order valence-electron chi connectivity index (χ0n) is 14.8. The standard InChI is InChI=1S/C18H26N4O2/c1-5-6-11-22-13-10-8-7-9-12(13)14(21-22)17(24)20-15(16(19)23)18(2,3)4/h7-10,15H,5-6,11H2,1-4H3,(H2,19,23)(H,20,24). The third-order valence-corrected chi connectivity index (χ3v) is 4.02. The van der Waals surface area contributed by atoms with E-state index >= 15 is 0 Å². The number of aryl methyl sites for hydroxylation is 1. The van der Waals surface area contributed by atoms with Gasteiger partial charge in [0.1, 0.15) is 6.04 Å². The summed E-state index contributed by atoms with van der Waals surface area (Å²) in [6.45, 7) is 8.45. The Kier molecular flexibility index (Phi) is 5.26. The second-order valence-electron chi connectivity index (χ2n) is 7.12. The number of amides is 2. The van der Waals surface area contributed by atoms with Crippen molar-refractivity contribution in [2.75, 3.05) is 0 Å². The summed E-state index contributed by atoms with van der Waals surface area (Å²) in [6.07, 6.45) is 2.03. The zero-order chi connectivity index (χ0) is 17.9. The maximum absolute atomic E-state index is 12.7. The first-order chi connectivity index (χ1) is 11.3. The molecule has 2 rings (SSSR count). The lowest BCUT2D eigenvalue weighted by atomic mass is 9.86. The van der Waals surface area contributed by atoms with E-state index in [2.05, 4.69) is 17.3 Å². The summed E-state index contributed by atoms with van der Waals surface area (Å²) in [7, 11) is 0. The topological polar surface area (TPSA) is 90.0 Å². The van der Waals surface area contributed by atoms with Gasteiger partial charge in [0.2, 0.25) is 5.91 Å². The van der Waals surface area contributed by atoms with Gasteiger partial charge in [-0.05, 0) is 17.9 Å². The van der Waals surface area contributed by atoms with Crippen LogP contribution in [0.4, 0.5) is 0 Å². The van der Waals surface area contributed by atoms with Gasteiger partial charge >= 0.3 is 0 Å². The van der Waals surface area contributed by atoms with E-state index in [1.807, 2.05) is 49.7 Å². The highest BCUT2D eigenvalue weighted by Crippen LogP contribution is 2.22. The third kappa shape index (κ3) is 3.75. The molecule has 1 atom stereocenters. The molecule has 0 aliphatic heterocycles. The Balaban J connectivity index is 2.37. The number of para-hydroxylation sites is 1. The number of primary amides is 1. The minimum atomic E-state index is -0.760. The molecule has 0 aliphatic rings. The van der Waals surface area contributed by atoms with Gasteiger partial charge in [-0.1, -0.05) is 52.3 Å². The fraction of sp³-hybridized carbons (Fsp3) is 0.500. The van der Waals surface area contributed by atoms with Crippen LogP contribution in [0.1, 0.15) is 51.0 Å². The van der Waals surface area contributed by atoms with Gasteiger partial charge in [0.25, 0.3) is 5.91 Å². The molecule has 1 heterocycles. The second kappa shape index (κ2) is 7.03. The highest BCUT2D eigenvalue weighted by Gasteiger charge is 2.32. The number of nitrogens with two attached hydrogens (primary N) is 1. The molecule has 130 valence electrons. The fourth-order valence-corrected chi connectivity index (χ4v) is 2.69. The number of hydrogen-bond donors (Lipinski definition) is 2. The van der Waals surface area contributed by atoms with Crippen LogP contribution in [-0.2, 0) is 11.3 Å². The van der Waals surface area contributed by atoms with Gasteiger partial charge in [0, 0.05) is 11.9 Å². The van der Waals surface area contributed by atoms with E-state index < -0.39 is 17.4 Å². The predicted molar refractivity (Wildman–Crippen MR) is 94.5 cm³/mol. The molecule has 2 amide bonds. The predicted octanol–water partition coefficient (Wildman–Crippen LogP) is 2.47. The summed E-state index contributed by atoms with van der Waals surface area (Å²) in [5.74, 6) is -0.925. The molecule has 24 heavy (non-hydrogen) atoms. The second-order valence-corrected chi connectivity index (χ2v) is 7.12. The highest BCUT2D eigenvalue weighted by atomic mass is 16.2. The number of carbonyl (C=O) groups is 2. The van der Waals surface area contributed by atoms with Crippen LogP contribution in [0.5, 0.6) is 0 Å². The smallest absolute Gasteiger partial charge is 0.273 e. The third-order valence-electron chi connectivity index (χ3n) is 4.02. The maximum Gasteiger partial charge on any atom is 0.273 e. The Labute approximate surface area is 142 Å². The zero-order valence-corrected chi connectivity index (χ0v) is 14.8. The van der Waals surface area contributed by atoms with Crippen molar-refractivity contribution in [1.29, 1.82) is 0 Å². The van der Waals surface area contributed by atoms with Crippen molar-refractivity contribution in [2.45, 2.75) is 53.1 Å². The molecule has 2 aromatic rings. The maximum atomic E-state index is 12.7. The Hall–Kier alpha value is -2.37. The first-order valence-electron chi connectivity index (χ1n) is 8.31. The minimum Gasteiger partial charge on any atom is -0.368 e. The summed E-state index contributed by atoms with van der Waals surface area (Å²) < 4.78 is 1.85. The summed E-state index contributed by atoms with van der Waals surface area (Å²) in [6, 6.07) is 6.86. The van der Waals surface area contributed by atoms with E-state index in [1.165, 1.54) is 0 Å². The molecule has 0 bridgehead atoms. The number of rotatable bonds is 6. The van der Waals surface area contributed by atoms with Crippen molar-refractivity contribution >= 4 is 22.7 Å². The van der Waals surface area contributed by atoms with E-state index in [9.17, 15) is 9.59 Å². The van der Waals surface area contributed by atoms with Crippen molar-refractivity contribution in [3.05, 3.63) is 30.0 Å². The fourth-order valence-electron chi connectivity index (χ4n) is 2.69. The number of benzene rings is 1. The lowest BCUT2D eigenvalue weighted by Crippen LogP contribution is -2.52. The van der Waals surface area contributed by atoms with E-state index in [4.69, 9.17) is 5.73 Å². The average Bonchev–Trinajstić information content (AvgIpc) is 2.88. The number of nitrogens with one attached hydrogen (secondary N) is 1. The van der Waals surface area contributed by atoms with Gasteiger partial charge in [-0.15, -0.1) is 0 Å². The number of hydrogen-bond acceptors (Lipinski definition) is 3.